The third-order valence-corrected chi connectivity index (χ3v) is 5.85. The molecule has 0 spiro atoms. The largest absolute Gasteiger partial charge is 0.372 e. The second-order valence-corrected chi connectivity index (χ2v) is 7.70. The SMILES string of the molecule is CC(C)=C1CCC(COCc2ccccc2)=C[C@H]2CCC[C@@]12C. The molecule has 0 amide bonds. The maximum Gasteiger partial charge on any atom is 0.0721 e. The van der Waals surface area contributed by atoms with Crippen molar-refractivity contribution in [2.24, 2.45) is 11.3 Å². The van der Waals surface area contributed by atoms with E-state index >= 15 is 0 Å². The second-order valence-electron chi connectivity index (χ2n) is 7.70. The summed E-state index contributed by atoms with van der Waals surface area (Å²) in [4.78, 5) is 0. The van der Waals surface area contributed by atoms with Crippen molar-refractivity contribution in [3.05, 3.63) is 58.7 Å². The van der Waals surface area contributed by atoms with Crippen LogP contribution in [0.1, 0.15) is 58.4 Å². The van der Waals surface area contributed by atoms with Crippen molar-refractivity contribution in [3.8, 4) is 0 Å². The first-order chi connectivity index (χ1) is 11.1. The summed E-state index contributed by atoms with van der Waals surface area (Å²) in [6, 6.07) is 10.5. The minimum absolute atomic E-state index is 0.403. The smallest absolute Gasteiger partial charge is 0.0721 e. The third-order valence-electron chi connectivity index (χ3n) is 5.85. The summed E-state index contributed by atoms with van der Waals surface area (Å²) in [7, 11) is 0. The van der Waals surface area contributed by atoms with E-state index in [0.717, 1.165) is 13.2 Å². The molecule has 0 saturated heterocycles. The minimum atomic E-state index is 0.403. The molecule has 0 aromatic heterocycles. The Morgan fingerprint density at radius 2 is 1.91 bits per heavy atom. The summed E-state index contributed by atoms with van der Waals surface area (Å²) in [6.07, 6.45) is 9.01. The minimum Gasteiger partial charge on any atom is -0.372 e. The van der Waals surface area contributed by atoms with Gasteiger partial charge in [-0.3, -0.25) is 0 Å². The van der Waals surface area contributed by atoms with Crippen LogP contribution in [-0.4, -0.2) is 6.61 Å². The van der Waals surface area contributed by atoms with Gasteiger partial charge in [0.1, 0.15) is 0 Å². The van der Waals surface area contributed by atoms with Crippen LogP contribution in [0.4, 0.5) is 0 Å². The van der Waals surface area contributed by atoms with Gasteiger partial charge in [-0.25, -0.2) is 0 Å². The highest BCUT2D eigenvalue weighted by Gasteiger charge is 2.41. The molecule has 1 aromatic carbocycles. The van der Waals surface area contributed by atoms with Gasteiger partial charge in [-0.2, -0.15) is 0 Å². The first kappa shape index (κ1) is 16.5. The van der Waals surface area contributed by atoms with Crippen LogP contribution < -0.4 is 0 Å². The Balaban J connectivity index is 1.67. The monoisotopic (exact) mass is 310 g/mol. The first-order valence-corrected chi connectivity index (χ1v) is 9.07. The fourth-order valence-electron chi connectivity index (χ4n) is 4.59. The molecule has 0 heterocycles. The molecule has 2 aliphatic rings. The number of allylic oxidation sites excluding steroid dienone is 3. The Kier molecular flexibility index (Phi) is 5.06. The number of rotatable bonds is 4. The number of ether oxygens (including phenoxy) is 1. The number of fused-ring (bicyclic) bond motifs is 1. The van der Waals surface area contributed by atoms with E-state index in [-0.39, 0.29) is 0 Å². The Hall–Kier alpha value is -1.34. The quantitative estimate of drug-likeness (QED) is 0.614. The molecular weight excluding hydrogens is 280 g/mol. The van der Waals surface area contributed by atoms with E-state index in [1.54, 1.807) is 11.1 Å². The van der Waals surface area contributed by atoms with Gasteiger partial charge in [0.15, 0.2) is 0 Å². The fraction of sp³-hybridized carbons (Fsp3) is 0.545. The zero-order valence-electron chi connectivity index (χ0n) is 14.9. The molecule has 2 aliphatic carbocycles. The molecule has 1 nitrogen and oxygen atoms in total. The van der Waals surface area contributed by atoms with Crippen molar-refractivity contribution in [2.45, 2.75) is 59.5 Å². The third kappa shape index (κ3) is 3.61. The van der Waals surface area contributed by atoms with Crippen LogP contribution in [0, 0.1) is 11.3 Å². The van der Waals surface area contributed by atoms with E-state index in [0.29, 0.717) is 11.3 Å². The molecule has 1 aromatic rings. The van der Waals surface area contributed by atoms with Crippen molar-refractivity contribution in [3.63, 3.8) is 0 Å². The van der Waals surface area contributed by atoms with Crippen LogP contribution in [0.25, 0.3) is 0 Å². The van der Waals surface area contributed by atoms with Gasteiger partial charge in [-0.05, 0) is 62.0 Å². The molecule has 0 bridgehead atoms. The van der Waals surface area contributed by atoms with E-state index in [9.17, 15) is 0 Å². The van der Waals surface area contributed by atoms with Crippen LogP contribution in [0.15, 0.2) is 53.1 Å². The molecule has 0 unspecified atom stereocenters. The summed E-state index contributed by atoms with van der Waals surface area (Å²) in [5, 5.41) is 0. The zero-order chi connectivity index (χ0) is 16.3. The van der Waals surface area contributed by atoms with E-state index < -0.39 is 0 Å². The van der Waals surface area contributed by atoms with Gasteiger partial charge in [-0.1, -0.05) is 60.9 Å². The normalized spacial score (nSPS) is 27.3. The Morgan fingerprint density at radius 1 is 1.13 bits per heavy atom. The van der Waals surface area contributed by atoms with Gasteiger partial charge >= 0.3 is 0 Å². The van der Waals surface area contributed by atoms with Crippen LogP contribution in [0.3, 0.4) is 0 Å². The molecule has 0 radical (unpaired) electrons. The molecule has 23 heavy (non-hydrogen) atoms. The summed E-state index contributed by atoms with van der Waals surface area (Å²) < 4.78 is 6.01. The van der Waals surface area contributed by atoms with E-state index in [2.05, 4.69) is 57.2 Å². The van der Waals surface area contributed by atoms with Crippen LogP contribution >= 0.6 is 0 Å². The first-order valence-electron chi connectivity index (χ1n) is 9.07. The topological polar surface area (TPSA) is 9.23 Å². The summed E-state index contributed by atoms with van der Waals surface area (Å²) in [5.41, 5.74) is 6.43. The maximum absolute atomic E-state index is 6.01. The molecular formula is C22H30O. The zero-order valence-corrected chi connectivity index (χ0v) is 14.9. The molecule has 1 heteroatoms. The molecule has 2 atom stereocenters. The lowest BCUT2D eigenvalue weighted by molar-refractivity contribution is 0.140. The second kappa shape index (κ2) is 7.05. The van der Waals surface area contributed by atoms with E-state index in [1.165, 1.54) is 43.2 Å². The van der Waals surface area contributed by atoms with Crippen molar-refractivity contribution < 1.29 is 4.74 Å². The molecule has 3 rings (SSSR count). The predicted octanol–water partition coefficient (Wildman–Crippen LogP) is 6.07. The van der Waals surface area contributed by atoms with Crippen LogP contribution in [0.2, 0.25) is 0 Å². The van der Waals surface area contributed by atoms with Crippen molar-refractivity contribution in [1.82, 2.24) is 0 Å². The lowest BCUT2D eigenvalue weighted by atomic mass is 9.72. The van der Waals surface area contributed by atoms with Crippen LogP contribution in [-0.2, 0) is 11.3 Å². The standard InChI is InChI=1S/C22H30O/c1-17(2)21-12-11-19(14-20-10-7-13-22(20,21)3)16-23-15-18-8-5-4-6-9-18/h4-6,8-9,14,20H,7,10-13,15-16H2,1-3H3/t20-,22-/m1/s1. The molecule has 1 fully saturated rings. The highest BCUT2D eigenvalue weighted by atomic mass is 16.5. The lowest BCUT2D eigenvalue weighted by Crippen LogP contribution is -2.23. The maximum atomic E-state index is 6.01. The Labute approximate surface area is 141 Å². The molecule has 1 saturated carbocycles. The number of hydrogen-bond acceptors (Lipinski definition) is 1. The predicted molar refractivity (Wildman–Crippen MR) is 97.2 cm³/mol. The van der Waals surface area contributed by atoms with Crippen LogP contribution in [0.5, 0.6) is 0 Å². The number of benzene rings is 1. The van der Waals surface area contributed by atoms with Crippen molar-refractivity contribution in [1.29, 1.82) is 0 Å². The highest BCUT2D eigenvalue weighted by Crippen LogP contribution is 2.53. The van der Waals surface area contributed by atoms with E-state index in [4.69, 9.17) is 4.74 Å². The van der Waals surface area contributed by atoms with Gasteiger partial charge in [0, 0.05) is 0 Å². The van der Waals surface area contributed by atoms with Gasteiger partial charge in [-0.15, -0.1) is 0 Å². The molecule has 0 N–H and O–H groups in total. The average molecular weight is 310 g/mol. The van der Waals surface area contributed by atoms with Gasteiger partial charge in [0.2, 0.25) is 0 Å². The highest BCUT2D eigenvalue weighted by molar-refractivity contribution is 5.29. The summed E-state index contributed by atoms with van der Waals surface area (Å²) in [5.74, 6) is 0.713. The summed E-state index contributed by atoms with van der Waals surface area (Å²) in [6.45, 7) is 8.60. The van der Waals surface area contributed by atoms with E-state index in [1.807, 2.05) is 0 Å². The molecule has 124 valence electrons. The van der Waals surface area contributed by atoms with Crippen molar-refractivity contribution in [2.75, 3.05) is 6.61 Å². The average Bonchev–Trinajstić information content (AvgIpc) is 2.83. The Bertz CT molecular complexity index is 592. The van der Waals surface area contributed by atoms with Gasteiger partial charge < -0.3 is 4.74 Å². The lowest BCUT2D eigenvalue weighted by Gasteiger charge is -2.33. The fourth-order valence-corrected chi connectivity index (χ4v) is 4.59. The van der Waals surface area contributed by atoms with Gasteiger partial charge in [0.05, 0.1) is 13.2 Å². The number of hydrogen-bond donors (Lipinski definition) is 0. The summed E-state index contributed by atoms with van der Waals surface area (Å²) >= 11 is 0. The van der Waals surface area contributed by atoms with Crippen molar-refractivity contribution >= 4 is 0 Å². The van der Waals surface area contributed by atoms with Gasteiger partial charge in [0.25, 0.3) is 0 Å². The Morgan fingerprint density at radius 3 is 2.65 bits per heavy atom. The molecule has 0 aliphatic heterocycles.